The molecule has 2 rings (SSSR count). The van der Waals surface area contributed by atoms with E-state index >= 15 is 0 Å². The lowest BCUT2D eigenvalue weighted by atomic mass is 10.2. The van der Waals surface area contributed by atoms with E-state index in [4.69, 9.17) is 4.74 Å². The fourth-order valence-corrected chi connectivity index (χ4v) is 1.99. The molecule has 3 heteroatoms. The van der Waals surface area contributed by atoms with Gasteiger partial charge in [0.05, 0.1) is 17.2 Å². The molecular formula is C10H12BrNO. The van der Waals surface area contributed by atoms with E-state index in [1.165, 1.54) is 5.69 Å². The summed E-state index contributed by atoms with van der Waals surface area (Å²) in [6.45, 7) is 3.85. The monoisotopic (exact) mass is 241 g/mol. The second-order valence-corrected chi connectivity index (χ2v) is 4.41. The lowest BCUT2D eigenvalue weighted by Crippen LogP contribution is -2.36. The lowest BCUT2D eigenvalue weighted by molar-refractivity contribution is 0.307. The van der Waals surface area contributed by atoms with Gasteiger partial charge in [-0.1, -0.05) is 28.1 Å². The van der Waals surface area contributed by atoms with Crippen molar-refractivity contribution >= 4 is 21.6 Å². The van der Waals surface area contributed by atoms with Crippen LogP contribution in [0.2, 0.25) is 0 Å². The number of hydrogen-bond donors (Lipinski definition) is 0. The molecule has 0 saturated heterocycles. The fourth-order valence-electron chi connectivity index (χ4n) is 1.56. The Morgan fingerprint density at radius 2 is 2.23 bits per heavy atom. The number of halogens is 1. The van der Waals surface area contributed by atoms with Crippen LogP contribution in [0.1, 0.15) is 6.92 Å². The summed E-state index contributed by atoms with van der Waals surface area (Å²) in [4.78, 5) is 2.65. The quantitative estimate of drug-likeness (QED) is 0.554. The zero-order valence-corrected chi connectivity index (χ0v) is 9.12. The minimum atomic E-state index is 0.359. The van der Waals surface area contributed by atoms with Crippen LogP contribution in [0.4, 0.5) is 5.69 Å². The molecule has 0 radical (unpaired) electrons. The van der Waals surface area contributed by atoms with Gasteiger partial charge in [-0.2, -0.15) is 0 Å². The summed E-state index contributed by atoms with van der Waals surface area (Å²) in [5, 5.41) is 0. The van der Waals surface area contributed by atoms with Crippen molar-refractivity contribution < 1.29 is 4.74 Å². The Morgan fingerprint density at radius 1 is 1.46 bits per heavy atom. The average molecular weight is 242 g/mol. The number of nitrogens with zero attached hydrogens (tertiary/aromatic N) is 1. The molecule has 0 aromatic heterocycles. The SMILES string of the molecule is CC(Br)N1CCOc2ccccc21. The Morgan fingerprint density at radius 3 is 3.00 bits per heavy atom. The predicted molar refractivity (Wildman–Crippen MR) is 57.7 cm³/mol. The largest absolute Gasteiger partial charge is 0.490 e. The third-order valence-electron chi connectivity index (χ3n) is 2.19. The standard InChI is InChI=1S/C10H12BrNO/c1-8(11)12-6-7-13-10-5-3-2-4-9(10)12/h2-5,8H,6-7H2,1H3. The van der Waals surface area contributed by atoms with Gasteiger partial charge in [0.15, 0.2) is 0 Å². The molecule has 1 unspecified atom stereocenters. The third kappa shape index (κ3) is 1.66. The number of rotatable bonds is 1. The van der Waals surface area contributed by atoms with Crippen LogP contribution in [0, 0.1) is 0 Å². The zero-order valence-electron chi connectivity index (χ0n) is 7.53. The van der Waals surface area contributed by atoms with E-state index in [2.05, 4.69) is 33.8 Å². The summed E-state index contributed by atoms with van der Waals surface area (Å²) in [6.07, 6.45) is 0. The fraction of sp³-hybridized carbons (Fsp3) is 0.400. The number of benzene rings is 1. The van der Waals surface area contributed by atoms with Crippen LogP contribution in [-0.2, 0) is 0 Å². The van der Waals surface area contributed by atoms with Gasteiger partial charge in [0.1, 0.15) is 12.4 Å². The smallest absolute Gasteiger partial charge is 0.142 e. The van der Waals surface area contributed by atoms with Gasteiger partial charge in [-0.3, -0.25) is 0 Å². The Hall–Kier alpha value is -0.700. The van der Waals surface area contributed by atoms with Crippen molar-refractivity contribution in [3.8, 4) is 5.75 Å². The van der Waals surface area contributed by atoms with Crippen LogP contribution < -0.4 is 9.64 Å². The van der Waals surface area contributed by atoms with Crippen molar-refractivity contribution in [3.63, 3.8) is 0 Å². The molecule has 0 bridgehead atoms. The van der Waals surface area contributed by atoms with E-state index in [1.807, 2.05) is 18.2 Å². The second-order valence-electron chi connectivity index (χ2n) is 3.08. The minimum absolute atomic E-state index is 0.359. The molecule has 0 N–H and O–H groups in total. The maximum absolute atomic E-state index is 5.54. The zero-order chi connectivity index (χ0) is 9.26. The second kappa shape index (κ2) is 3.58. The van der Waals surface area contributed by atoms with E-state index in [0.29, 0.717) is 4.95 Å². The summed E-state index contributed by atoms with van der Waals surface area (Å²) in [6, 6.07) is 8.14. The van der Waals surface area contributed by atoms with Crippen molar-refractivity contribution in [2.45, 2.75) is 11.9 Å². The van der Waals surface area contributed by atoms with Crippen molar-refractivity contribution in [2.75, 3.05) is 18.1 Å². The van der Waals surface area contributed by atoms with E-state index < -0.39 is 0 Å². The molecule has 1 heterocycles. The molecule has 0 saturated carbocycles. The van der Waals surface area contributed by atoms with Gasteiger partial charge in [-0.15, -0.1) is 0 Å². The highest BCUT2D eigenvalue weighted by Crippen LogP contribution is 2.33. The van der Waals surface area contributed by atoms with E-state index in [0.717, 1.165) is 18.9 Å². The van der Waals surface area contributed by atoms with Gasteiger partial charge < -0.3 is 9.64 Å². The maximum atomic E-state index is 5.54. The van der Waals surface area contributed by atoms with Gasteiger partial charge in [-0.05, 0) is 19.1 Å². The average Bonchev–Trinajstić information content (AvgIpc) is 2.17. The van der Waals surface area contributed by atoms with Gasteiger partial charge in [0.2, 0.25) is 0 Å². The van der Waals surface area contributed by atoms with Gasteiger partial charge >= 0.3 is 0 Å². The molecule has 0 aliphatic carbocycles. The summed E-state index contributed by atoms with van der Waals surface area (Å²) in [7, 11) is 0. The van der Waals surface area contributed by atoms with Gasteiger partial charge in [0.25, 0.3) is 0 Å². The van der Waals surface area contributed by atoms with Crippen molar-refractivity contribution in [3.05, 3.63) is 24.3 Å². The molecular weight excluding hydrogens is 230 g/mol. The molecule has 70 valence electrons. The molecule has 2 nitrogen and oxygen atoms in total. The first-order valence-electron chi connectivity index (χ1n) is 4.41. The highest BCUT2D eigenvalue weighted by molar-refractivity contribution is 9.09. The summed E-state index contributed by atoms with van der Waals surface area (Å²) < 4.78 is 5.54. The van der Waals surface area contributed by atoms with Crippen LogP contribution in [0.5, 0.6) is 5.75 Å². The van der Waals surface area contributed by atoms with Crippen LogP contribution in [-0.4, -0.2) is 18.1 Å². The lowest BCUT2D eigenvalue weighted by Gasteiger charge is -2.33. The first-order valence-corrected chi connectivity index (χ1v) is 5.33. The van der Waals surface area contributed by atoms with E-state index in [1.54, 1.807) is 0 Å². The third-order valence-corrected chi connectivity index (χ3v) is 2.69. The first kappa shape index (κ1) is 8.88. The number of fused-ring (bicyclic) bond motifs is 1. The van der Waals surface area contributed by atoms with Crippen molar-refractivity contribution in [1.29, 1.82) is 0 Å². The Labute approximate surface area is 86.6 Å². The highest BCUT2D eigenvalue weighted by Gasteiger charge is 2.19. The molecule has 1 aliphatic rings. The van der Waals surface area contributed by atoms with E-state index in [-0.39, 0.29) is 0 Å². The normalized spacial score (nSPS) is 17.5. The maximum Gasteiger partial charge on any atom is 0.142 e. The Balaban J connectivity index is 2.37. The number of anilines is 1. The molecule has 1 atom stereocenters. The minimum Gasteiger partial charge on any atom is -0.490 e. The molecule has 1 aromatic carbocycles. The Bertz CT molecular complexity index is 301. The topological polar surface area (TPSA) is 12.5 Å². The summed E-state index contributed by atoms with van der Waals surface area (Å²) in [5.41, 5.74) is 1.18. The van der Waals surface area contributed by atoms with Gasteiger partial charge in [0, 0.05) is 0 Å². The predicted octanol–water partition coefficient (Wildman–Crippen LogP) is 2.63. The molecule has 1 aliphatic heterocycles. The summed E-state index contributed by atoms with van der Waals surface area (Å²) in [5.74, 6) is 0.986. The molecule has 0 amide bonds. The van der Waals surface area contributed by atoms with Crippen molar-refractivity contribution in [1.82, 2.24) is 0 Å². The highest BCUT2D eigenvalue weighted by atomic mass is 79.9. The molecule has 13 heavy (non-hydrogen) atoms. The Kier molecular flexibility index (Phi) is 2.44. The van der Waals surface area contributed by atoms with Crippen molar-refractivity contribution in [2.24, 2.45) is 0 Å². The number of para-hydroxylation sites is 2. The van der Waals surface area contributed by atoms with Crippen LogP contribution >= 0.6 is 15.9 Å². The van der Waals surface area contributed by atoms with Crippen LogP contribution in [0.25, 0.3) is 0 Å². The van der Waals surface area contributed by atoms with Gasteiger partial charge in [-0.25, -0.2) is 0 Å². The molecule has 0 spiro atoms. The van der Waals surface area contributed by atoms with E-state index in [9.17, 15) is 0 Å². The molecule has 0 fully saturated rings. The number of alkyl halides is 1. The van der Waals surface area contributed by atoms with Crippen LogP contribution in [0.15, 0.2) is 24.3 Å². The number of hydrogen-bond acceptors (Lipinski definition) is 2. The van der Waals surface area contributed by atoms with Crippen LogP contribution in [0.3, 0.4) is 0 Å². The number of ether oxygens (including phenoxy) is 1. The molecule has 1 aromatic rings. The first-order chi connectivity index (χ1) is 6.29. The summed E-state index contributed by atoms with van der Waals surface area (Å²) >= 11 is 3.58.